The number of fused-ring (bicyclic) bond motifs is 1. The molecule has 1 N–H and O–H groups in total. The number of carbonyl (C=O) groups is 1. The number of aromatic nitrogens is 3. The molecule has 2 fully saturated rings. The summed E-state index contributed by atoms with van der Waals surface area (Å²) in [6, 6.07) is 15.4. The highest BCUT2D eigenvalue weighted by Gasteiger charge is 2.27. The molecular weight excluding hydrogens is 508 g/mol. The Kier molecular flexibility index (Phi) is 10.3. The summed E-state index contributed by atoms with van der Waals surface area (Å²) in [6.07, 6.45) is 13.5. The summed E-state index contributed by atoms with van der Waals surface area (Å²) in [7, 11) is 1.90. The number of carbonyl (C=O) groups excluding carboxylic acids is 1. The second-order valence-electron chi connectivity index (χ2n) is 12.4. The molecule has 0 atom stereocenters. The van der Waals surface area contributed by atoms with E-state index in [4.69, 9.17) is 4.98 Å². The maximum Gasteiger partial charge on any atom is 0.272 e. The van der Waals surface area contributed by atoms with E-state index in [1.165, 1.54) is 44.2 Å². The van der Waals surface area contributed by atoms with E-state index < -0.39 is 0 Å². The molecule has 1 saturated heterocycles. The first-order valence-electron chi connectivity index (χ1n) is 16.2. The lowest BCUT2D eigenvalue weighted by atomic mass is 9.88. The molecule has 7 heteroatoms. The third-order valence-electron chi connectivity index (χ3n) is 9.23. The molecule has 0 bridgehead atoms. The predicted octanol–water partition coefficient (Wildman–Crippen LogP) is 6.96. The van der Waals surface area contributed by atoms with Gasteiger partial charge in [0.15, 0.2) is 11.3 Å². The molecule has 2 aliphatic rings. The van der Waals surface area contributed by atoms with Crippen LogP contribution in [0.25, 0.3) is 11.0 Å². The first-order valence-corrected chi connectivity index (χ1v) is 16.2. The van der Waals surface area contributed by atoms with E-state index in [-0.39, 0.29) is 13.4 Å². The number of nitrogens with one attached hydrogen (secondary N) is 1. The van der Waals surface area contributed by atoms with Crippen LogP contribution in [0.15, 0.2) is 42.5 Å². The fourth-order valence-electron chi connectivity index (χ4n) is 7.00. The van der Waals surface area contributed by atoms with Gasteiger partial charge in [-0.1, -0.05) is 76.3 Å². The van der Waals surface area contributed by atoms with Crippen molar-refractivity contribution in [1.29, 1.82) is 0 Å². The molecular formula is C34H52N6O. The van der Waals surface area contributed by atoms with Gasteiger partial charge in [-0.25, -0.2) is 9.67 Å². The second-order valence-corrected chi connectivity index (χ2v) is 12.4. The van der Waals surface area contributed by atoms with E-state index in [1.807, 2.05) is 7.05 Å². The number of amides is 1. The van der Waals surface area contributed by atoms with Crippen LogP contribution in [0, 0.1) is 5.92 Å². The van der Waals surface area contributed by atoms with Crippen molar-refractivity contribution in [2.24, 2.45) is 13.0 Å². The third kappa shape index (κ3) is 7.48. The average molecular weight is 561 g/mol. The van der Waals surface area contributed by atoms with Gasteiger partial charge in [-0.05, 0) is 62.1 Å². The zero-order chi connectivity index (χ0) is 28.6. The molecule has 5 rings (SSSR count). The summed E-state index contributed by atoms with van der Waals surface area (Å²) in [5.74, 6) is 1.75. The maximum absolute atomic E-state index is 13.4. The van der Waals surface area contributed by atoms with Gasteiger partial charge in [0.1, 0.15) is 5.82 Å². The van der Waals surface area contributed by atoms with Crippen molar-refractivity contribution in [3.8, 4) is 0 Å². The molecule has 3 aromatic rings. The van der Waals surface area contributed by atoms with Crippen molar-refractivity contribution >= 4 is 22.8 Å². The van der Waals surface area contributed by atoms with Crippen LogP contribution < -0.4 is 10.2 Å². The quantitative estimate of drug-likeness (QED) is 0.259. The van der Waals surface area contributed by atoms with Gasteiger partial charge < -0.3 is 15.1 Å². The number of pyridine rings is 1. The molecule has 1 aromatic carbocycles. The highest BCUT2D eigenvalue weighted by atomic mass is 16.2. The Morgan fingerprint density at radius 2 is 1.71 bits per heavy atom. The van der Waals surface area contributed by atoms with Crippen LogP contribution in [0.4, 0.5) is 5.82 Å². The van der Waals surface area contributed by atoms with Gasteiger partial charge in [0.2, 0.25) is 0 Å². The molecule has 1 saturated carbocycles. The van der Waals surface area contributed by atoms with Crippen LogP contribution >= 0.6 is 0 Å². The standard InChI is InChI=1S/C34H50N6O.H2/c1-4-12-29(13-5-2)40(25-27-16-10-7-11-17-27)31-19-18-30-32(37-38(3)33(30)36-31)34(41)35-28-20-22-39(23-21-28)24-26-14-8-6-9-15-26;/h7,10-11,16-19,26,28-29H,4-6,8-9,12-15,20-25H2,1-3H3,(H,35,41);1H. The lowest BCUT2D eigenvalue weighted by molar-refractivity contribution is 0.0897. The maximum atomic E-state index is 13.4. The van der Waals surface area contributed by atoms with Crippen molar-refractivity contribution < 1.29 is 6.22 Å². The van der Waals surface area contributed by atoms with Gasteiger partial charge in [-0.15, -0.1) is 0 Å². The Labute approximate surface area is 248 Å². The Bertz CT molecular complexity index is 1240. The Hall–Kier alpha value is -2.93. The van der Waals surface area contributed by atoms with Crippen molar-refractivity contribution in [1.82, 2.24) is 25.0 Å². The third-order valence-corrected chi connectivity index (χ3v) is 9.23. The van der Waals surface area contributed by atoms with Crippen LogP contribution in [-0.2, 0) is 13.6 Å². The molecule has 3 heterocycles. The zero-order valence-electron chi connectivity index (χ0n) is 25.5. The Morgan fingerprint density at radius 3 is 2.39 bits per heavy atom. The minimum atomic E-state index is -0.0770. The molecule has 1 aliphatic heterocycles. The number of hydrogen-bond acceptors (Lipinski definition) is 5. The normalized spacial score (nSPS) is 17.4. The summed E-state index contributed by atoms with van der Waals surface area (Å²) in [4.78, 5) is 23.6. The van der Waals surface area contributed by atoms with Crippen molar-refractivity contribution in [2.45, 2.75) is 103 Å². The number of anilines is 1. The smallest absolute Gasteiger partial charge is 0.272 e. The summed E-state index contributed by atoms with van der Waals surface area (Å²) in [5, 5.41) is 8.79. The van der Waals surface area contributed by atoms with Gasteiger partial charge in [-0.3, -0.25) is 4.79 Å². The number of aryl methyl sites for hydroxylation is 1. The molecule has 0 radical (unpaired) electrons. The summed E-state index contributed by atoms with van der Waals surface area (Å²) >= 11 is 0. The largest absolute Gasteiger partial charge is 0.349 e. The number of benzene rings is 1. The van der Waals surface area contributed by atoms with Crippen LogP contribution in [-0.4, -0.2) is 57.3 Å². The van der Waals surface area contributed by atoms with Gasteiger partial charge in [0, 0.05) is 46.7 Å². The fraction of sp³-hybridized carbons (Fsp3) is 0.618. The highest BCUT2D eigenvalue weighted by molar-refractivity contribution is 6.04. The first kappa shape index (κ1) is 29.6. The van der Waals surface area contributed by atoms with Gasteiger partial charge in [0.05, 0.1) is 5.39 Å². The SMILES string of the molecule is CCCC(CCC)N(Cc1ccccc1)c1ccc2c(C(=O)NC3CCN(CC4CCCCC4)CC3)nn(C)c2n1.[HH]. The molecule has 1 aliphatic carbocycles. The zero-order valence-corrected chi connectivity index (χ0v) is 25.5. The van der Waals surface area contributed by atoms with Gasteiger partial charge in [-0.2, -0.15) is 5.10 Å². The van der Waals surface area contributed by atoms with Crippen LogP contribution in [0.5, 0.6) is 0 Å². The topological polar surface area (TPSA) is 66.3 Å². The van der Waals surface area contributed by atoms with Gasteiger partial charge >= 0.3 is 0 Å². The van der Waals surface area contributed by atoms with E-state index >= 15 is 0 Å². The molecule has 2 aromatic heterocycles. The van der Waals surface area contributed by atoms with Crippen LogP contribution in [0.2, 0.25) is 0 Å². The predicted molar refractivity (Wildman–Crippen MR) is 170 cm³/mol. The molecule has 224 valence electrons. The monoisotopic (exact) mass is 560 g/mol. The van der Waals surface area contributed by atoms with E-state index in [1.54, 1.807) is 4.68 Å². The van der Waals surface area contributed by atoms with Crippen LogP contribution in [0.1, 0.15) is 102 Å². The average Bonchev–Trinajstić information content (AvgIpc) is 3.33. The number of nitrogens with zero attached hydrogens (tertiary/aromatic N) is 5. The Balaban J connectivity index is 0.00000405. The first-order chi connectivity index (χ1) is 20.1. The molecule has 41 heavy (non-hydrogen) atoms. The van der Waals surface area contributed by atoms with E-state index in [9.17, 15) is 4.79 Å². The van der Waals surface area contributed by atoms with E-state index in [2.05, 4.69) is 76.5 Å². The number of piperidine rings is 1. The van der Waals surface area contributed by atoms with Crippen molar-refractivity contribution in [3.05, 3.63) is 53.7 Å². The second kappa shape index (κ2) is 14.3. The minimum Gasteiger partial charge on any atom is -0.349 e. The van der Waals surface area contributed by atoms with Crippen LogP contribution in [0.3, 0.4) is 0 Å². The van der Waals surface area contributed by atoms with Crippen molar-refractivity contribution in [3.63, 3.8) is 0 Å². The van der Waals surface area contributed by atoms with Gasteiger partial charge in [0.25, 0.3) is 5.91 Å². The van der Waals surface area contributed by atoms with E-state index in [0.29, 0.717) is 11.7 Å². The van der Waals surface area contributed by atoms with Crippen molar-refractivity contribution in [2.75, 3.05) is 24.5 Å². The highest BCUT2D eigenvalue weighted by Crippen LogP contribution is 2.28. The molecule has 0 spiro atoms. The number of hydrogen-bond donors (Lipinski definition) is 1. The number of rotatable bonds is 12. The summed E-state index contributed by atoms with van der Waals surface area (Å²) < 4.78 is 1.77. The Morgan fingerprint density at radius 1 is 1.00 bits per heavy atom. The molecule has 7 nitrogen and oxygen atoms in total. The minimum absolute atomic E-state index is 0. The number of likely N-dealkylation sites (tertiary alicyclic amines) is 1. The molecule has 0 unspecified atom stereocenters. The lowest BCUT2D eigenvalue weighted by Gasteiger charge is -2.35. The lowest BCUT2D eigenvalue weighted by Crippen LogP contribution is -2.46. The van der Waals surface area contributed by atoms with E-state index in [0.717, 1.165) is 80.9 Å². The summed E-state index contributed by atoms with van der Waals surface area (Å²) in [5.41, 5.74) is 2.53. The molecule has 1 amide bonds. The summed E-state index contributed by atoms with van der Waals surface area (Å²) in [6.45, 7) is 8.71. The fourth-order valence-corrected chi connectivity index (χ4v) is 7.00.